The summed E-state index contributed by atoms with van der Waals surface area (Å²) in [6.07, 6.45) is 5.61. The lowest BCUT2D eigenvalue weighted by molar-refractivity contribution is -0.119. The Kier molecular flexibility index (Phi) is 7.16. The Labute approximate surface area is 185 Å². The molecule has 31 heavy (non-hydrogen) atoms. The van der Waals surface area contributed by atoms with E-state index in [-0.39, 0.29) is 17.8 Å². The molecule has 4 rings (SSSR count). The van der Waals surface area contributed by atoms with Crippen LogP contribution in [0.3, 0.4) is 0 Å². The van der Waals surface area contributed by atoms with E-state index in [4.69, 9.17) is 9.47 Å². The Bertz CT molecular complexity index is 988. The van der Waals surface area contributed by atoms with Gasteiger partial charge in [-0.05, 0) is 56.2 Å². The van der Waals surface area contributed by atoms with Crippen LogP contribution >= 0.6 is 11.8 Å². The highest BCUT2D eigenvalue weighted by atomic mass is 32.2. The van der Waals surface area contributed by atoms with Crippen LogP contribution in [0.1, 0.15) is 19.8 Å². The number of hydrogen-bond donors (Lipinski definition) is 1. The first kappa shape index (κ1) is 21.3. The number of hydrogen-bond acceptors (Lipinski definition) is 7. The Morgan fingerprint density at radius 1 is 1.23 bits per heavy atom. The number of aromatic nitrogens is 4. The maximum absolute atomic E-state index is 12.3. The van der Waals surface area contributed by atoms with Crippen molar-refractivity contribution in [3.05, 3.63) is 48.8 Å². The molecule has 0 aliphatic carbocycles. The van der Waals surface area contributed by atoms with Crippen LogP contribution in [-0.2, 0) is 9.53 Å². The fourth-order valence-corrected chi connectivity index (χ4v) is 4.14. The van der Waals surface area contributed by atoms with Crippen molar-refractivity contribution in [2.75, 3.05) is 25.5 Å². The van der Waals surface area contributed by atoms with Crippen LogP contribution in [0.5, 0.6) is 5.75 Å². The average molecular weight is 440 g/mol. The monoisotopic (exact) mass is 439 g/mol. The Hall–Kier alpha value is -2.91. The molecule has 0 bridgehead atoms. The molecule has 1 fully saturated rings. The summed E-state index contributed by atoms with van der Waals surface area (Å²) in [5, 5.41) is 12.3. The number of nitrogens with one attached hydrogen (secondary N) is 1. The number of carbonyl (C=O) groups excluding carboxylic acids is 1. The van der Waals surface area contributed by atoms with E-state index in [1.807, 2.05) is 47.9 Å². The van der Waals surface area contributed by atoms with Crippen molar-refractivity contribution in [1.29, 1.82) is 0 Å². The highest BCUT2D eigenvalue weighted by Crippen LogP contribution is 2.28. The molecule has 1 aliphatic heterocycles. The van der Waals surface area contributed by atoms with Crippen LogP contribution in [0.2, 0.25) is 0 Å². The highest BCUT2D eigenvalue weighted by Gasteiger charge is 2.19. The van der Waals surface area contributed by atoms with E-state index in [2.05, 4.69) is 20.5 Å². The number of ether oxygens (including phenoxy) is 2. The molecule has 8 nitrogen and oxygen atoms in total. The van der Waals surface area contributed by atoms with Gasteiger partial charge in [0.05, 0.1) is 18.5 Å². The molecule has 0 saturated carbocycles. The zero-order valence-corrected chi connectivity index (χ0v) is 18.2. The first-order chi connectivity index (χ1) is 15.2. The van der Waals surface area contributed by atoms with E-state index in [0.29, 0.717) is 24.1 Å². The summed E-state index contributed by atoms with van der Waals surface area (Å²) >= 11 is 1.35. The second kappa shape index (κ2) is 10.4. The molecule has 0 spiro atoms. The molecule has 0 radical (unpaired) electrons. The summed E-state index contributed by atoms with van der Waals surface area (Å²) in [7, 11) is 0. The van der Waals surface area contributed by atoms with E-state index < -0.39 is 0 Å². The molecule has 3 heterocycles. The number of carbonyl (C=O) groups is 1. The van der Waals surface area contributed by atoms with Gasteiger partial charge in [-0.15, -0.1) is 10.2 Å². The van der Waals surface area contributed by atoms with Crippen LogP contribution in [0.4, 0.5) is 0 Å². The predicted octanol–water partition coefficient (Wildman–Crippen LogP) is 3.12. The molecule has 3 aromatic rings. The topological polar surface area (TPSA) is 91.2 Å². The largest absolute Gasteiger partial charge is 0.494 e. The van der Waals surface area contributed by atoms with Crippen LogP contribution in [-0.4, -0.2) is 57.3 Å². The molecule has 0 unspecified atom stereocenters. The van der Waals surface area contributed by atoms with Gasteiger partial charge in [-0.2, -0.15) is 0 Å². The normalized spacial score (nSPS) is 15.7. The number of amides is 1. The van der Waals surface area contributed by atoms with Gasteiger partial charge in [-0.1, -0.05) is 11.8 Å². The second-order valence-electron chi connectivity index (χ2n) is 7.03. The molecule has 1 amide bonds. The number of pyridine rings is 1. The quantitative estimate of drug-likeness (QED) is 0.512. The van der Waals surface area contributed by atoms with E-state index in [1.165, 1.54) is 11.8 Å². The van der Waals surface area contributed by atoms with Crippen molar-refractivity contribution >= 4 is 17.7 Å². The lowest BCUT2D eigenvalue weighted by atomic mass is 10.2. The zero-order valence-electron chi connectivity index (χ0n) is 17.4. The van der Waals surface area contributed by atoms with Crippen LogP contribution in [0, 0.1) is 0 Å². The predicted molar refractivity (Wildman–Crippen MR) is 118 cm³/mol. The molecular formula is C22H25N5O3S. The van der Waals surface area contributed by atoms with Gasteiger partial charge in [0, 0.05) is 36.8 Å². The average Bonchev–Trinajstić information content (AvgIpc) is 3.48. The van der Waals surface area contributed by atoms with Crippen molar-refractivity contribution < 1.29 is 14.3 Å². The minimum Gasteiger partial charge on any atom is -0.494 e. The summed E-state index contributed by atoms with van der Waals surface area (Å²) in [6.45, 7) is 3.88. The van der Waals surface area contributed by atoms with Crippen molar-refractivity contribution in [1.82, 2.24) is 25.1 Å². The first-order valence-corrected chi connectivity index (χ1v) is 11.3. The lowest BCUT2D eigenvalue weighted by Gasteiger charge is -2.12. The number of nitrogens with zero attached hydrogens (tertiary/aromatic N) is 4. The second-order valence-corrected chi connectivity index (χ2v) is 7.97. The van der Waals surface area contributed by atoms with Crippen LogP contribution < -0.4 is 10.1 Å². The standard InChI is InChI=1S/C22H25N5O3S/c1-2-29-18-7-5-17(6-8-18)27-21(16-9-11-23-12-10-16)25-26-22(27)31-15-20(28)24-14-19-4-3-13-30-19/h5-12,19H,2-4,13-15H2,1H3,(H,24,28)/t19-/m0/s1. The van der Waals surface area contributed by atoms with Crippen molar-refractivity contribution in [3.63, 3.8) is 0 Å². The van der Waals surface area contributed by atoms with Gasteiger partial charge in [-0.25, -0.2) is 0 Å². The molecular weight excluding hydrogens is 414 g/mol. The van der Waals surface area contributed by atoms with Crippen molar-refractivity contribution in [2.45, 2.75) is 31.0 Å². The van der Waals surface area contributed by atoms with Gasteiger partial charge >= 0.3 is 0 Å². The summed E-state index contributed by atoms with van der Waals surface area (Å²) < 4.78 is 13.1. The molecule has 1 N–H and O–H groups in total. The van der Waals surface area contributed by atoms with Crippen molar-refractivity contribution in [3.8, 4) is 22.8 Å². The molecule has 1 aromatic carbocycles. The summed E-state index contributed by atoms with van der Waals surface area (Å²) in [4.78, 5) is 16.4. The fraction of sp³-hybridized carbons (Fsp3) is 0.364. The van der Waals surface area contributed by atoms with E-state index >= 15 is 0 Å². The smallest absolute Gasteiger partial charge is 0.230 e. The van der Waals surface area contributed by atoms with E-state index in [0.717, 1.165) is 36.4 Å². The minimum absolute atomic E-state index is 0.0489. The van der Waals surface area contributed by atoms with Gasteiger partial charge in [0.1, 0.15) is 5.75 Å². The van der Waals surface area contributed by atoms with Crippen LogP contribution in [0.25, 0.3) is 17.1 Å². The van der Waals surface area contributed by atoms with E-state index in [1.54, 1.807) is 12.4 Å². The molecule has 9 heteroatoms. The Morgan fingerprint density at radius 3 is 2.74 bits per heavy atom. The van der Waals surface area contributed by atoms with Gasteiger partial charge in [0.25, 0.3) is 0 Å². The van der Waals surface area contributed by atoms with Gasteiger partial charge in [0.15, 0.2) is 11.0 Å². The summed E-state index contributed by atoms with van der Waals surface area (Å²) in [5.74, 6) is 1.69. The highest BCUT2D eigenvalue weighted by molar-refractivity contribution is 7.99. The number of rotatable bonds is 9. The third-order valence-corrected chi connectivity index (χ3v) is 5.79. The summed E-state index contributed by atoms with van der Waals surface area (Å²) in [6, 6.07) is 11.5. The maximum atomic E-state index is 12.3. The minimum atomic E-state index is -0.0489. The maximum Gasteiger partial charge on any atom is 0.230 e. The zero-order chi connectivity index (χ0) is 21.5. The Morgan fingerprint density at radius 2 is 2.03 bits per heavy atom. The number of benzene rings is 1. The van der Waals surface area contributed by atoms with Crippen molar-refractivity contribution in [2.24, 2.45) is 0 Å². The SMILES string of the molecule is CCOc1ccc(-n2c(SCC(=O)NC[C@@H]3CCCO3)nnc2-c2ccncc2)cc1. The Balaban J connectivity index is 1.52. The third kappa shape index (κ3) is 5.42. The number of thioether (sulfide) groups is 1. The summed E-state index contributed by atoms with van der Waals surface area (Å²) in [5.41, 5.74) is 1.79. The lowest BCUT2D eigenvalue weighted by Crippen LogP contribution is -2.32. The fourth-order valence-electron chi connectivity index (χ4n) is 3.36. The first-order valence-electron chi connectivity index (χ1n) is 10.3. The molecule has 1 aliphatic rings. The van der Waals surface area contributed by atoms with E-state index in [9.17, 15) is 4.79 Å². The third-order valence-electron chi connectivity index (χ3n) is 4.86. The molecule has 2 aromatic heterocycles. The molecule has 162 valence electrons. The van der Waals surface area contributed by atoms with Gasteiger partial charge in [-0.3, -0.25) is 14.3 Å². The van der Waals surface area contributed by atoms with Crippen LogP contribution in [0.15, 0.2) is 53.9 Å². The van der Waals surface area contributed by atoms with Gasteiger partial charge < -0.3 is 14.8 Å². The molecule has 1 atom stereocenters. The molecule has 1 saturated heterocycles. The van der Waals surface area contributed by atoms with Gasteiger partial charge in [0.2, 0.25) is 5.91 Å².